The van der Waals surface area contributed by atoms with E-state index < -0.39 is 5.60 Å². The van der Waals surface area contributed by atoms with Crippen LogP contribution in [0, 0.1) is 0 Å². The molecule has 0 aromatic heterocycles. The second-order valence-corrected chi connectivity index (χ2v) is 11.4. The highest BCUT2D eigenvalue weighted by molar-refractivity contribution is 5.95. The summed E-state index contributed by atoms with van der Waals surface area (Å²) in [6.07, 6.45) is 8.60. The fourth-order valence-electron chi connectivity index (χ4n) is 5.99. The Labute approximate surface area is 275 Å². The summed E-state index contributed by atoms with van der Waals surface area (Å²) in [5.74, 6) is 2.23. The van der Waals surface area contributed by atoms with Crippen LogP contribution in [0.4, 0.5) is 0 Å². The van der Waals surface area contributed by atoms with E-state index >= 15 is 0 Å². The molecule has 2 aliphatic rings. The Morgan fingerprint density at radius 2 is 1.04 bits per heavy atom. The molecule has 7 rings (SSSR count). The van der Waals surface area contributed by atoms with E-state index in [1.807, 2.05) is 30.3 Å². The average molecular weight is 627 g/mol. The lowest BCUT2D eigenvalue weighted by Gasteiger charge is -2.36. The van der Waals surface area contributed by atoms with Crippen LogP contribution in [-0.2, 0) is 19.8 Å². The Morgan fingerprint density at radius 1 is 0.489 bits per heavy atom. The summed E-state index contributed by atoms with van der Waals surface area (Å²) in [7, 11) is 0. The van der Waals surface area contributed by atoms with Crippen molar-refractivity contribution in [1.82, 2.24) is 0 Å². The van der Waals surface area contributed by atoms with Crippen molar-refractivity contribution >= 4 is 29.0 Å². The minimum absolute atomic E-state index is 0.422. The second kappa shape index (κ2) is 14.7. The summed E-state index contributed by atoms with van der Waals surface area (Å²) in [4.78, 5) is 0. The van der Waals surface area contributed by atoms with Crippen molar-refractivity contribution in [2.45, 2.75) is 5.60 Å². The van der Waals surface area contributed by atoms with Gasteiger partial charge < -0.3 is 28.4 Å². The summed E-state index contributed by atoms with van der Waals surface area (Å²) in [6.45, 7) is 3.94. The highest BCUT2D eigenvalue weighted by atomic mass is 16.6. The number of hydrogen-bond donors (Lipinski definition) is 0. The van der Waals surface area contributed by atoms with Crippen LogP contribution in [0.1, 0.15) is 27.8 Å². The molecule has 6 heteroatoms. The largest absolute Gasteiger partial charge is 0.487 e. The molecule has 2 heterocycles. The molecule has 0 aliphatic carbocycles. The molecule has 238 valence electrons. The Balaban J connectivity index is 1.12. The summed E-state index contributed by atoms with van der Waals surface area (Å²) in [5.41, 5.74) is 4.68. The van der Waals surface area contributed by atoms with Gasteiger partial charge in [0.15, 0.2) is 17.1 Å². The van der Waals surface area contributed by atoms with Gasteiger partial charge in [-0.05, 0) is 58.3 Å². The third-order valence-electron chi connectivity index (χ3n) is 8.36. The lowest BCUT2D eigenvalue weighted by Crippen LogP contribution is -2.34. The van der Waals surface area contributed by atoms with Gasteiger partial charge in [0, 0.05) is 16.7 Å². The van der Waals surface area contributed by atoms with E-state index in [-0.39, 0.29) is 0 Å². The van der Waals surface area contributed by atoms with Crippen LogP contribution in [-0.4, -0.2) is 52.9 Å². The molecule has 0 saturated carbocycles. The first-order chi connectivity index (χ1) is 23.3. The number of hydrogen-bond acceptors (Lipinski definition) is 6. The summed E-state index contributed by atoms with van der Waals surface area (Å²) in [5, 5.41) is 2.30. The van der Waals surface area contributed by atoms with Gasteiger partial charge in [0.25, 0.3) is 0 Å². The van der Waals surface area contributed by atoms with E-state index in [2.05, 4.69) is 103 Å². The van der Waals surface area contributed by atoms with Crippen LogP contribution < -0.4 is 14.2 Å². The number of fused-ring (bicyclic) bond motifs is 4. The van der Waals surface area contributed by atoms with Gasteiger partial charge in [0.2, 0.25) is 0 Å². The van der Waals surface area contributed by atoms with Crippen molar-refractivity contribution in [2.75, 3.05) is 52.9 Å². The topological polar surface area (TPSA) is 55.4 Å². The van der Waals surface area contributed by atoms with Gasteiger partial charge in [-0.25, -0.2) is 0 Å². The Bertz CT molecular complexity index is 1810. The van der Waals surface area contributed by atoms with Crippen molar-refractivity contribution in [3.63, 3.8) is 0 Å². The van der Waals surface area contributed by atoms with Crippen molar-refractivity contribution in [2.24, 2.45) is 0 Å². The Morgan fingerprint density at radius 3 is 1.70 bits per heavy atom. The van der Waals surface area contributed by atoms with Gasteiger partial charge in [-0.1, -0.05) is 97.1 Å². The Kier molecular flexibility index (Phi) is 9.61. The molecule has 0 fully saturated rings. The molecule has 0 unspecified atom stereocenters. The molecule has 0 atom stereocenters. The van der Waals surface area contributed by atoms with E-state index in [1.165, 1.54) is 0 Å². The maximum Gasteiger partial charge on any atom is 0.178 e. The average Bonchev–Trinajstić information content (AvgIpc) is 3.14. The number of rotatable bonds is 4. The molecule has 0 amide bonds. The minimum Gasteiger partial charge on any atom is -0.487 e. The zero-order valence-corrected chi connectivity index (χ0v) is 26.3. The van der Waals surface area contributed by atoms with E-state index in [9.17, 15) is 0 Å². The molecule has 0 spiro atoms. The molecule has 0 saturated heterocycles. The lowest BCUT2D eigenvalue weighted by atomic mass is 9.83. The fraction of sp³-hybridized carbons (Fsp3) is 0.220. The van der Waals surface area contributed by atoms with Gasteiger partial charge >= 0.3 is 0 Å². The maximum absolute atomic E-state index is 6.90. The van der Waals surface area contributed by atoms with Crippen molar-refractivity contribution in [3.8, 4) is 17.2 Å². The minimum atomic E-state index is -0.696. The van der Waals surface area contributed by atoms with Crippen LogP contribution in [0.5, 0.6) is 17.2 Å². The van der Waals surface area contributed by atoms with Crippen LogP contribution in [0.3, 0.4) is 0 Å². The van der Waals surface area contributed by atoms with Crippen molar-refractivity contribution in [3.05, 3.63) is 143 Å². The van der Waals surface area contributed by atoms with Gasteiger partial charge in [-0.3, -0.25) is 0 Å². The molecule has 0 radical (unpaired) electrons. The standard InChI is InChI=1S/C41H38O6/c1-3-7-34(8-4-1)41(35-9-5-2-6-10-35)20-19-37-36-16-13-31(29-33(36)15-18-38(37)47-41)11-12-32-14-17-39-40(30-32)46-28-26-44-24-22-42-21-23-43-25-27-45-39/h1-20,29-30H,21-28H2/b12-11+. The van der Waals surface area contributed by atoms with Crippen molar-refractivity contribution in [1.29, 1.82) is 0 Å². The summed E-state index contributed by atoms with van der Waals surface area (Å²) < 4.78 is 35.6. The molecule has 2 aliphatic heterocycles. The number of benzene rings is 5. The maximum atomic E-state index is 6.90. The normalized spacial score (nSPS) is 16.9. The monoisotopic (exact) mass is 626 g/mol. The zero-order valence-electron chi connectivity index (χ0n) is 26.3. The van der Waals surface area contributed by atoms with Gasteiger partial charge in [0.1, 0.15) is 19.0 Å². The van der Waals surface area contributed by atoms with E-state index in [1.54, 1.807) is 0 Å². The summed E-state index contributed by atoms with van der Waals surface area (Å²) >= 11 is 0. The molecule has 47 heavy (non-hydrogen) atoms. The van der Waals surface area contributed by atoms with Gasteiger partial charge in [-0.2, -0.15) is 0 Å². The highest BCUT2D eigenvalue weighted by Crippen LogP contribution is 2.44. The van der Waals surface area contributed by atoms with E-state index in [0.717, 1.165) is 44.3 Å². The van der Waals surface area contributed by atoms with Crippen LogP contribution in [0.25, 0.3) is 29.0 Å². The summed E-state index contributed by atoms with van der Waals surface area (Å²) in [6, 6.07) is 37.5. The van der Waals surface area contributed by atoms with Crippen molar-refractivity contribution < 1.29 is 28.4 Å². The van der Waals surface area contributed by atoms with Gasteiger partial charge in [-0.15, -0.1) is 0 Å². The highest BCUT2D eigenvalue weighted by Gasteiger charge is 2.37. The Hall–Kier alpha value is -4.88. The van der Waals surface area contributed by atoms with Crippen LogP contribution >= 0.6 is 0 Å². The molecule has 6 nitrogen and oxygen atoms in total. The second-order valence-electron chi connectivity index (χ2n) is 11.4. The van der Waals surface area contributed by atoms with E-state index in [4.69, 9.17) is 28.4 Å². The molecular formula is C41H38O6. The van der Waals surface area contributed by atoms with Crippen LogP contribution in [0.15, 0.2) is 115 Å². The quantitative estimate of drug-likeness (QED) is 0.188. The van der Waals surface area contributed by atoms with Crippen LogP contribution in [0.2, 0.25) is 0 Å². The third kappa shape index (κ3) is 7.10. The lowest BCUT2D eigenvalue weighted by molar-refractivity contribution is 0.00708. The molecule has 0 N–H and O–H groups in total. The first kappa shape index (κ1) is 30.8. The SMILES string of the molecule is C1=CC(c2ccccc2)(c2ccccc2)Oc2ccc3cc(/C=C/c4ccc5c(c4)OCCOCCOCCOCCO5)ccc3c21. The zero-order chi connectivity index (χ0) is 31.7. The predicted octanol–water partition coefficient (Wildman–Crippen LogP) is 8.18. The molecule has 5 aromatic rings. The number of ether oxygens (including phenoxy) is 6. The molecular weight excluding hydrogens is 588 g/mol. The predicted molar refractivity (Wildman–Crippen MR) is 186 cm³/mol. The molecule has 0 bridgehead atoms. The smallest absolute Gasteiger partial charge is 0.178 e. The van der Waals surface area contributed by atoms with E-state index in [0.29, 0.717) is 64.4 Å². The first-order valence-electron chi connectivity index (χ1n) is 16.2. The van der Waals surface area contributed by atoms with Gasteiger partial charge in [0.05, 0.1) is 39.6 Å². The third-order valence-corrected chi connectivity index (χ3v) is 8.36. The fourth-order valence-corrected chi connectivity index (χ4v) is 5.99. The first-order valence-corrected chi connectivity index (χ1v) is 16.2. The molecule has 5 aromatic carbocycles.